The Kier molecular flexibility index (Phi) is 5.37. The molecule has 3 aromatic rings. The van der Waals surface area contributed by atoms with Gasteiger partial charge in [0.15, 0.2) is 0 Å². The van der Waals surface area contributed by atoms with Crippen LogP contribution in [0, 0.1) is 13.8 Å². The van der Waals surface area contributed by atoms with Gasteiger partial charge in [0.2, 0.25) is 5.91 Å². The molecule has 2 N–H and O–H groups in total. The molecule has 2 heterocycles. The van der Waals surface area contributed by atoms with Crippen LogP contribution in [-0.4, -0.2) is 35.8 Å². The number of ether oxygens (including phenoxy) is 2. The van der Waals surface area contributed by atoms with Crippen molar-refractivity contribution in [1.82, 2.24) is 9.78 Å². The van der Waals surface area contributed by atoms with Crippen molar-refractivity contribution in [2.75, 3.05) is 24.9 Å². The number of methoxy groups -OCH3 is 2. The van der Waals surface area contributed by atoms with Gasteiger partial charge in [-0.05, 0) is 49.2 Å². The second-order valence-electron chi connectivity index (χ2n) is 7.45. The Morgan fingerprint density at radius 2 is 1.97 bits per heavy atom. The van der Waals surface area contributed by atoms with E-state index >= 15 is 0 Å². The molecule has 0 bridgehead atoms. The number of amides is 2. The van der Waals surface area contributed by atoms with Crippen LogP contribution >= 0.6 is 0 Å². The monoisotopic (exact) mass is 420 g/mol. The van der Waals surface area contributed by atoms with Gasteiger partial charge >= 0.3 is 0 Å². The summed E-state index contributed by atoms with van der Waals surface area (Å²) in [5.74, 6) is 1.29. The van der Waals surface area contributed by atoms with E-state index < -0.39 is 6.04 Å². The summed E-state index contributed by atoms with van der Waals surface area (Å²) in [5.41, 5.74) is 4.01. The van der Waals surface area contributed by atoms with Crippen molar-refractivity contribution < 1.29 is 19.1 Å². The molecular weight excluding hydrogens is 396 g/mol. The predicted octanol–water partition coefficient (Wildman–Crippen LogP) is 3.71. The van der Waals surface area contributed by atoms with E-state index in [0.29, 0.717) is 23.0 Å². The topological polar surface area (TPSA) is 94.5 Å². The Hall–Kier alpha value is -3.81. The van der Waals surface area contributed by atoms with Gasteiger partial charge in [-0.1, -0.05) is 18.2 Å². The summed E-state index contributed by atoms with van der Waals surface area (Å²) in [5, 5.41) is 10.3. The third-order valence-electron chi connectivity index (χ3n) is 5.29. The van der Waals surface area contributed by atoms with Crippen LogP contribution in [0.5, 0.6) is 11.5 Å². The van der Waals surface area contributed by atoms with Gasteiger partial charge in [0.1, 0.15) is 23.4 Å². The molecule has 1 aliphatic rings. The molecule has 8 nitrogen and oxygen atoms in total. The first-order chi connectivity index (χ1) is 14.9. The number of nitrogens with one attached hydrogen (secondary N) is 2. The molecule has 0 aliphatic carbocycles. The maximum Gasteiger partial charge on any atom is 0.251 e. The van der Waals surface area contributed by atoms with E-state index in [4.69, 9.17) is 9.47 Å². The Morgan fingerprint density at radius 3 is 2.71 bits per heavy atom. The van der Waals surface area contributed by atoms with Crippen LogP contribution in [0.3, 0.4) is 0 Å². The molecule has 0 saturated heterocycles. The van der Waals surface area contributed by atoms with Gasteiger partial charge in [-0.25, -0.2) is 4.68 Å². The Bertz CT molecular complexity index is 1170. The number of aryl methyl sites for hydroxylation is 2. The summed E-state index contributed by atoms with van der Waals surface area (Å²) >= 11 is 0. The summed E-state index contributed by atoms with van der Waals surface area (Å²) in [7, 11) is 3.15. The Morgan fingerprint density at radius 1 is 1.16 bits per heavy atom. The Labute approximate surface area is 180 Å². The highest BCUT2D eigenvalue weighted by atomic mass is 16.5. The largest absolute Gasteiger partial charge is 0.497 e. The number of benzene rings is 2. The summed E-state index contributed by atoms with van der Waals surface area (Å²) in [6.45, 7) is 3.80. The number of carbonyl (C=O) groups is 2. The van der Waals surface area contributed by atoms with Gasteiger partial charge in [-0.15, -0.1) is 0 Å². The molecule has 1 aromatic heterocycles. The molecule has 2 aromatic carbocycles. The van der Waals surface area contributed by atoms with Crippen LogP contribution in [0.1, 0.15) is 23.7 Å². The highest BCUT2D eigenvalue weighted by Crippen LogP contribution is 2.39. The van der Waals surface area contributed by atoms with Crippen molar-refractivity contribution in [2.24, 2.45) is 0 Å². The van der Waals surface area contributed by atoms with E-state index in [-0.39, 0.29) is 18.2 Å². The lowest BCUT2D eigenvalue weighted by atomic mass is 10.1. The summed E-state index contributed by atoms with van der Waals surface area (Å²) in [6.07, 6.45) is -0.0470. The van der Waals surface area contributed by atoms with Crippen LogP contribution in [-0.2, 0) is 9.59 Å². The minimum Gasteiger partial charge on any atom is -0.497 e. The molecule has 1 aliphatic heterocycles. The molecule has 8 heteroatoms. The lowest BCUT2D eigenvalue weighted by Gasteiger charge is -2.13. The molecule has 4 rings (SSSR count). The lowest BCUT2D eigenvalue weighted by Crippen LogP contribution is -2.24. The quantitative estimate of drug-likeness (QED) is 0.634. The number of carbonyl (C=O) groups excluding carboxylic acids is 2. The summed E-state index contributed by atoms with van der Waals surface area (Å²) in [6, 6.07) is 12.4. The van der Waals surface area contributed by atoms with Crippen molar-refractivity contribution >= 4 is 23.3 Å². The van der Waals surface area contributed by atoms with Crippen LogP contribution in [0.25, 0.3) is 11.1 Å². The standard InChI is InChI=1S/C23H24N4O4/c1-13-8-9-19(31-4)17(10-13)24-20(28)12-18-23(29)25-22-21(14(2)26-27(18)22)15-6-5-7-16(11-15)30-3/h5-11,18H,12H2,1-4H3,(H,24,28)(H,25,29). The van der Waals surface area contributed by atoms with Crippen molar-refractivity contribution in [3.8, 4) is 22.6 Å². The fraction of sp³-hybridized carbons (Fsp3) is 0.261. The molecule has 0 fully saturated rings. The molecule has 1 unspecified atom stereocenters. The number of hydrogen-bond donors (Lipinski definition) is 2. The number of rotatable bonds is 6. The lowest BCUT2D eigenvalue weighted by molar-refractivity contribution is -0.123. The number of anilines is 2. The van der Waals surface area contributed by atoms with Crippen LogP contribution in [0.15, 0.2) is 42.5 Å². The summed E-state index contributed by atoms with van der Waals surface area (Å²) in [4.78, 5) is 25.4. The van der Waals surface area contributed by atoms with Crippen LogP contribution in [0.2, 0.25) is 0 Å². The van der Waals surface area contributed by atoms with E-state index in [0.717, 1.165) is 22.4 Å². The molecule has 0 spiro atoms. The number of fused-ring (bicyclic) bond motifs is 1. The van der Waals surface area contributed by atoms with E-state index in [1.54, 1.807) is 25.0 Å². The maximum absolute atomic E-state index is 12.7. The average Bonchev–Trinajstić information content (AvgIpc) is 3.21. The van der Waals surface area contributed by atoms with Gasteiger partial charge in [0.25, 0.3) is 5.91 Å². The normalized spacial score (nSPS) is 14.7. The van der Waals surface area contributed by atoms with E-state index in [1.165, 1.54) is 0 Å². The fourth-order valence-electron chi connectivity index (χ4n) is 3.80. The highest BCUT2D eigenvalue weighted by Gasteiger charge is 2.36. The van der Waals surface area contributed by atoms with Crippen molar-refractivity contribution in [2.45, 2.75) is 26.3 Å². The second-order valence-corrected chi connectivity index (χ2v) is 7.45. The van der Waals surface area contributed by atoms with Crippen molar-refractivity contribution in [3.05, 3.63) is 53.7 Å². The minimum absolute atomic E-state index is 0.0470. The third kappa shape index (κ3) is 3.84. The Balaban J connectivity index is 1.59. The van der Waals surface area contributed by atoms with Gasteiger partial charge < -0.3 is 20.1 Å². The first kappa shape index (κ1) is 20.5. The van der Waals surface area contributed by atoms with Gasteiger partial charge in [-0.3, -0.25) is 9.59 Å². The van der Waals surface area contributed by atoms with E-state index in [2.05, 4.69) is 15.7 Å². The maximum atomic E-state index is 12.7. The zero-order valence-electron chi connectivity index (χ0n) is 17.9. The molecule has 31 heavy (non-hydrogen) atoms. The van der Waals surface area contributed by atoms with Crippen molar-refractivity contribution in [3.63, 3.8) is 0 Å². The van der Waals surface area contributed by atoms with Crippen LogP contribution in [0.4, 0.5) is 11.5 Å². The van der Waals surface area contributed by atoms with Crippen LogP contribution < -0.4 is 20.1 Å². The number of nitrogens with zero attached hydrogens (tertiary/aromatic N) is 2. The summed E-state index contributed by atoms with van der Waals surface area (Å²) < 4.78 is 12.2. The van der Waals surface area contributed by atoms with Gasteiger partial charge in [-0.2, -0.15) is 5.10 Å². The molecular formula is C23H24N4O4. The zero-order valence-corrected chi connectivity index (χ0v) is 17.9. The first-order valence-corrected chi connectivity index (χ1v) is 9.90. The number of hydrogen-bond acceptors (Lipinski definition) is 5. The first-order valence-electron chi connectivity index (χ1n) is 9.90. The van der Waals surface area contributed by atoms with Gasteiger partial charge in [0, 0.05) is 5.56 Å². The third-order valence-corrected chi connectivity index (χ3v) is 5.29. The SMILES string of the molecule is COc1cccc(-c2c(C)nn3c2NC(=O)C3CC(=O)Nc2cc(C)ccc2OC)c1. The average molecular weight is 420 g/mol. The zero-order chi connectivity index (χ0) is 22.1. The van der Waals surface area contributed by atoms with E-state index in [9.17, 15) is 9.59 Å². The molecule has 1 atom stereocenters. The number of aromatic nitrogens is 2. The fourth-order valence-corrected chi connectivity index (χ4v) is 3.80. The van der Waals surface area contributed by atoms with Gasteiger partial charge in [0.05, 0.1) is 32.0 Å². The molecule has 160 valence electrons. The minimum atomic E-state index is -0.733. The van der Waals surface area contributed by atoms with E-state index in [1.807, 2.05) is 50.2 Å². The highest BCUT2D eigenvalue weighted by molar-refractivity contribution is 6.04. The predicted molar refractivity (Wildman–Crippen MR) is 118 cm³/mol. The molecule has 0 saturated carbocycles. The molecule has 2 amide bonds. The van der Waals surface area contributed by atoms with Crippen molar-refractivity contribution in [1.29, 1.82) is 0 Å². The smallest absolute Gasteiger partial charge is 0.251 e. The second kappa shape index (κ2) is 8.14. The molecule has 0 radical (unpaired) electrons.